The highest BCUT2D eigenvalue weighted by Crippen LogP contribution is 2.42. The van der Waals surface area contributed by atoms with Crippen LogP contribution < -0.4 is 15.4 Å². The first kappa shape index (κ1) is 22.9. The summed E-state index contributed by atoms with van der Waals surface area (Å²) in [5, 5.41) is 9.98. The van der Waals surface area contributed by atoms with Gasteiger partial charge in [-0.2, -0.15) is 0 Å². The number of carbonyl (C=O) groups excluding carboxylic acids is 1. The number of sulfonamides is 1. The summed E-state index contributed by atoms with van der Waals surface area (Å²) in [6, 6.07) is 15.1. The van der Waals surface area contributed by atoms with Gasteiger partial charge in [-0.05, 0) is 59.7 Å². The Morgan fingerprint density at radius 3 is 2.21 bits per heavy atom. The number of anilines is 2. The van der Waals surface area contributed by atoms with Crippen LogP contribution in [0.3, 0.4) is 0 Å². The smallest absolute Gasteiger partial charge is 0.411 e. The summed E-state index contributed by atoms with van der Waals surface area (Å²) in [6.45, 7) is 0.140. The molecule has 2 amide bonds. The highest BCUT2D eigenvalue weighted by atomic mass is 35.5. The summed E-state index contributed by atoms with van der Waals surface area (Å²) in [7, 11) is -4.00. The second kappa shape index (κ2) is 8.58. The van der Waals surface area contributed by atoms with Crippen molar-refractivity contribution in [2.45, 2.75) is 10.8 Å². The summed E-state index contributed by atoms with van der Waals surface area (Å²) in [4.78, 5) is 24.2. The van der Waals surface area contributed by atoms with Crippen molar-refractivity contribution in [1.29, 1.82) is 0 Å². The Kier molecular flexibility index (Phi) is 5.96. The summed E-state index contributed by atoms with van der Waals surface area (Å²) in [5.41, 5.74) is 7.69. The molecule has 0 radical (unpaired) electrons. The SMILES string of the molecule is NC(=O)c1ccc(C2CN(C(=O)O)c3ccc(NS(=O)(=O)c4cc(Cl)cc(Cl)c4)cc32)cc1. The molecule has 1 unspecified atom stereocenters. The maximum Gasteiger partial charge on any atom is 0.411 e. The number of hydrogen-bond acceptors (Lipinski definition) is 4. The predicted molar refractivity (Wildman–Crippen MR) is 126 cm³/mol. The molecular weight excluding hydrogens is 489 g/mol. The molecule has 3 aromatic rings. The molecule has 0 aliphatic carbocycles. The van der Waals surface area contributed by atoms with E-state index < -0.39 is 22.0 Å². The van der Waals surface area contributed by atoms with E-state index in [4.69, 9.17) is 28.9 Å². The molecule has 11 heteroatoms. The van der Waals surface area contributed by atoms with Crippen molar-refractivity contribution < 1.29 is 23.1 Å². The third-order valence-electron chi connectivity index (χ3n) is 5.29. The maximum atomic E-state index is 12.9. The molecule has 1 aliphatic rings. The van der Waals surface area contributed by atoms with Crippen molar-refractivity contribution in [3.63, 3.8) is 0 Å². The van der Waals surface area contributed by atoms with Crippen molar-refractivity contribution in [3.05, 3.63) is 87.4 Å². The van der Waals surface area contributed by atoms with E-state index in [1.807, 2.05) is 0 Å². The number of amides is 2. The van der Waals surface area contributed by atoms with Crippen LogP contribution in [0.5, 0.6) is 0 Å². The van der Waals surface area contributed by atoms with Gasteiger partial charge in [0.15, 0.2) is 0 Å². The Hall–Kier alpha value is -3.27. The monoisotopic (exact) mass is 505 g/mol. The number of hydrogen-bond donors (Lipinski definition) is 3. The van der Waals surface area contributed by atoms with Gasteiger partial charge in [-0.3, -0.25) is 14.4 Å². The number of fused-ring (bicyclic) bond motifs is 1. The Morgan fingerprint density at radius 1 is 1.00 bits per heavy atom. The van der Waals surface area contributed by atoms with Crippen LogP contribution in [0, 0.1) is 0 Å². The molecule has 0 saturated carbocycles. The van der Waals surface area contributed by atoms with E-state index in [1.165, 1.54) is 29.2 Å². The average Bonchev–Trinajstić information content (AvgIpc) is 3.12. The Morgan fingerprint density at radius 2 is 1.64 bits per heavy atom. The molecule has 0 bridgehead atoms. The van der Waals surface area contributed by atoms with Crippen LogP contribution in [0.15, 0.2) is 65.6 Å². The summed E-state index contributed by atoms with van der Waals surface area (Å²) in [5.74, 6) is -0.943. The third-order valence-corrected chi connectivity index (χ3v) is 7.08. The van der Waals surface area contributed by atoms with E-state index in [0.29, 0.717) is 16.8 Å². The van der Waals surface area contributed by atoms with Gasteiger partial charge in [0.05, 0.1) is 10.6 Å². The minimum Gasteiger partial charge on any atom is -0.465 e. The van der Waals surface area contributed by atoms with Gasteiger partial charge >= 0.3 is 6.09 Å². The van der Waals surface area contributed by atoms with Gasteiger partial charge in [-0.25, -0.2) is 13.2 Å². The van der Waals surface area contributed by atoms with E-state index in [2.05, 4.69) is 4.72 Å². The number of nitrogens with one attached hydrogen (secondary N) is 1. The summed E-state index contributed by atoms with van der Waals surface area (Å²) in [6.07, 6.45) is -1.13. The second-order valence-electron chi connectivity index (χ2n) is 7.42. The summed E-state index contributed by atoms with van der Waals surface area (Å²) < 4.78 is 28.2. The average molecular weight is 506 g/mol. The van der Waals surface area contributed by atoms with Crippen LogP contribution in [-0.4, -0.2) is 32.1 Å². The number of benzene rings is 3. The van der Waals surface area contributed by atoms with E-state index in [1.54, 1.807) is 36.4 Å². The molecule has 8 nitrogen and oxygen atoms in total. The quantitative estimate of drug-likeness (QED) is 0.469. The zero-order chi connectivity index (χ0) is 23.9. The molecule has 1 aliphatic heterocycles. The molecule has 4 rings (SSSR count). The Bertz CT molecular complexity index is 1360. The standard InChI is InChI=1S/C22H17Cl2N3O5S/c23-14-7-15(24)9-17(8-14)33(31,32)26-16-5-6-20-18(10-16)19(11-27(20)22(29)30)12-1-3-13(4-2-12)21(25)28/h1-10,19,26H,11H2,(H2,25,28)(H,29,30). The predicted octanol–water partition coefficient (Wildman–Crippen LogP) is 4.52. The minimum atomic E-state index is -4.00. The van der Waals surface area contributed by atoms with Crippen LogP contribution in [0.25, 0.3) is 0 Å². The topological polar surface area (TPSA) is 130 Å². The number of primary amides is 1. The third kappa shape index (κ3) is 4.61. The zero-order valence-electron chi connectivity index (χ0n) is 16.8. The van der Waals surface area contributed by atoms with Crippen LogP contribution in [0.4, 0.5) is 16.2 Å². The Labute approximate surface area is 199 Å². The van der Waals surface area contributed by atoms with Crippen LogP contribution in [0.2, 0.25) is 10.0 Å². The second-order valence-corrected chi connectivity index (χ2v) is 9.97. The van der Waals surface area contributed by atoms with Crippen LogP contribution in [0.1, 0.15) is 27.4 Å². The molecule has 3 aromatic carbocycles. The van der Waals surface area contributed by atoms with Gasteiger partial charge in [-0.15, -0.1) is 0 Å². The first-order chi connectivity index (χ1) is 15.5. The van der Waals surface area contributed by atoms with Crippen molar-refractivity contribution in [1.82, 2.24) is 0 Å². The minimum absolute atomic E-state index is 0.105. The van der Waals surface area contributed by atoms with Crippen molar-refractivity contribution in [3.8, 4) is 0 Å². The van der Waals surface area contributed by atoms with Gasteiger partial charge in [-0.1, -0.05) is 35.3 Å². The summed E-state index contributed by atoms with van der Waals surface area (Å²) >= 11 is 11.9. The number of halogens is 2. The van der Waals surface area contributed by atoms with Gasteiger partial charge in [0.25, 0.3) is 10.0 Å². The lowest BCUT2D eigenvalue weighted by Gasteiger charge is -2.14. The lowest BCUT2D eigenvalue weighted by atomic mass is 9.92. The molecule has 33 heavy (non-hydrogen) atoms. The molecule has 0 aromatic heterocycles. The van der Waals surface area contributed by atoms with Crippen LogP contribution in [-0.2, 0) is 10.0 Å². The molecule has 1 atom stereocenters. The zero-order valence-corrected chi connectivity index (χ0v) is 19.2. The number of carboxylic acid groups (broad SMARTS) is 1. The maximum absolute atomic E-state index is 12.9. The highest BCUT2D eigenvalue weighted by molar-refractivity contribution is 7.92. The number of nitrogens with two attached hydrogens (primary N) is 1. The first-order valence-electron chi connectivity index (χ1n) is 9.58. The van der Waals surface area contributed by atoms with Crippen molar-refractivity contribution in [2.24, 2.45) is 5.73 Å². The first-order valence-corrected chi connectivity index (χ1v) is 11.8. The number of carbonyl (C=O) groups is 2. The van der Waals surface area contributed by atoms with Gasteiger partial charge in [0.1, 0.15) is 0 Å². The normalized spacial score (nSPS) is 15.2. The van der Waals surface area contributed by atoms with Gasteiger partial charge in [0.2, 0.25) is 5.91 Å². The lowest BCUT2D eigenvalue weighted by Crippen LogP contribution is -2.28. The lowest BCUT2D eigenvalue weighted by molar-refractivity contribution is 0.1000. The van der Waals surface area contributed by atoms with Crippen molar-refractivity contribution in [2.75, 3.05) is 16.2 Å². The fourth-order valence-corrected chi connectivity index (χ4v) is 5.54. The molecule has 170 valence electrons. The van der Waals surface area contributed by atoms with E-state index >= 15 is 0 Å². The fraction of sp³-hybridized carbons (Fsp3) is 0.0909. The van der Waals surface area contributed by atoms with Gasteiger partial charge < -0.3 is 10.8 Å². The van der Waals surface area contributed by atoms with Crippen molar-refractivity contribution >= 4 is 56.6 Å². The molecule has 0 spiro atoms. The fourth-order valence-electron chi connectivity index (χ4n) is 3.77. The number of rotatable bonds is 5. The van der Waals surface area contributed by atoms with Crippen LogP contribution >= 0.6 is 23.2 Å². The van der Waals surface area contributed by atoms with E-state index in [9.17, 15) is 23.1 Å². The molecule has 1 heterocycles. The molecular formula is C22H17Cl2N3O5S. The molecule has 0 saturated heterocycles. The number of nitrogens with zero attached hydrogens (tertiary/aromatic N) is 1. The Balaban J connectivity index is 1.72. The van der Waals surface area contributed by atoms with E-state index in [0.717, 1.165) is 5.56 Å². The molecule has 4 N–H and O–H groups in total. The van der Waals surface area contributed by atoms with Gasteiger partial charge in [0, 0.05) is 33.8 Å². The van der Waals surface area contributed by atoms with E-state index in [-0.39, 0.29) is 33.1 Å². The highest BCUT2D eigenvalue weighted by Gasteiger charge is 2.34. The largest absolute Gasteiger partial charge is 0.465 e. The molecule has 0 fully saturated rings.